The lowest BCUT2D eigenvalue weighted by Crippen LogP contribution is -2.49. The fourth-order valence-corrected chi connectivity index (χ4v) is 3.02. The zero-order chi connectivity index (χ0) is 17.2. The number of hydrogen-bond donors (Lipinski definition) is 1. The van der Waals surface area contributed by atoms with Crippen molar-refractivity contribution in [1.29, 1.82) is 0 Å². The molecule has 1 aliphatic heterocycles. The molecule has 1 aromatic carbocycles. The number of rotatable bonds is 2. The van der Waals surface area contributed by atoms with Crippen molar-refractivity contribution in [3.63, 3.8) is 0 Å². The lowest BCUT2D eigenvalue weighted by atomic mass is 10.2. The number of aromatic amines is 1. The molecule has 0 saturated carbocycles. The minimum atomic E-state index is -0.378. The lowest BCUT2D eigenvalue weighted by Gasteiger charge is -2.35. The molecular weight excluding hydrogens is 320 g/mol. The maximum atomic E-state index is 12.5. The van der Waals surface area contributed by atoms with Crippen LogP contribution in [0.3, 0.4) is 0 Å². The number of nitrogens with zero attached hydrogens (tertiary/aromatic N) is 5. The van der Waals surface area contributed by atoms with Crippen LogP contribution < -0.4 is 10.5 Å². The summed E-state index contributed by atoms with van der Waals surface area (Å²) in [5, 5.41) is 1.00. The van der Waals surface area contributed by atoms with Crippen molar-refractivity contribution in [3.05, 3.63) is 59.0 Å². The normalized spacial score (nSPS) is 14.7. The van der Waals surface area contributed by atoms with Gasteiger partial charge in [-0.05, 0) is 12.1 Å². The molecule has 3 heterocycles. The number of anilines is 1. The second kappa shape index (κ2) is 6.31. The summed E-state index contributed by atoms with van der Waals surface area (Å²) in [6, 6.07) is 7.87. The minimum absolute atomic E-state index is 0.211. The Labute approximate surface area is 143 Å². The summed E-state index contributed by atoms with van der Waals surface area (Å²) in [4.78, 5) is 42.7. The van der Waals surface area contributed by atoms with Gasteiger partial charge in [0.2, 0.25) is 0 Å². The highest BCUT2D eigenvalue weighted by Gasteiger charge is 2.24. The van der Waals surface area contributed by atoms with E-state index in [9.17, 15) is 9.59 Å². The monoisotopic (exact) mass is 336 g/mol. The van der Waals surface area contributed by atoms with E-state index in [1.54, 1.807) is 11.2 Å². The summed E-state index contributed by atoms with van der Waals surface area (Å²) < 4.78 is 0. The number of para-hydroxylation sites is 1. The van der Waals surface area contributed by atoms with Crippen molar-refractivity contribution >= 4 is 22.6 Å². The summed E-state index contributed by atoms with van der Waals surface area (Å²) >= 11 is 0. The Hall–Kier alpha value is -3.29. The van der Waals surface area contributed by atoms with Gasteiger partial charge < -0.3 is 14.8 Å². The predicted molar refractivity (Wildman–Crippen MR) is 92.5 cm³/mol. The third-order valence-corrected chi connectivity index (χ3v) is 4.27. The standard InChI is InChI=1S/C17H16N6O2/c24-15-10-18-9-14(21-15)17(25)23-7-5-22(6-8-23)16-12-3-1-2-4-13(12)19-11-20-16/h1-4,9-11H,5-8H2,(H,21,24). The van der Waals surface area contributed by atoms with Crippen LogP contribution in [-0.2, 0) is 0 Å². The topological polar surface area (TPSA) is 95.1 Å². The molecule has 0 radical (unpaired) electrons. The second-order valence-corrected chi connectivity index (χ2v) is 5.80. The number of carbonyl (C=O) groups is 1. The molecular formula is C17H16N6O2. The van der Waals surface area contributed by atoms with Crippen molar-refractivity contribution in [3.8, 4) is 0 Å². The Morgan fingerprint density at radius 2 is 1.84 bits per heavy atom. The highest BCUT2D eigenvalue weighted by molar-refractivity contribution is 5.92. The van der Waals surface area contributed by atoms with E-state index in [2.05, 4.69) is 24.8 Å². The highest BCUT2D eigenvalue weighted by Crippen LogP contribution is 2.23. The fourth-order valence-electron chi connectivity index (χ4n) is 3.02. The Morgan fingerprint density at radius 3 is 2.64 bits per heavy atom. The first-order chi connectivity index (χ1) is 12.2. The molecule has 1 N–H and O–H groups in total. The SMILES string of the molecule is O=C(c1cncc(=O)[nH]1)N1CCN(c2ncnc3ccccc23)CC1. The summed E-state index contributed by atoms with van der Waals surface area (Å²) in [5.41, 5.74) is 0.740. The number of benzene rings is 1. The summed E-state index contributed by atoms with van der Waals surface area (Å²) in [6.07, 6.45) is 4.10. The van der Waals surface area contributed by atoms with Crippen LogP contribution in [0, 0.1) is 0 Å². The second-order valence-electron chi connectivity index (χ2n) is 5.80. The van der Waals surface area contributed by atoms with Crippen LogP contribution in [0.5, 0.6) is 0 Å². The van der Waals surface area contributed by atoms with Crippen LogP contribution >= 0.6 is 0 Å². The van der Waals surface area contributed by atoms with E-state index in [4.69, 9.17) is 0 Å². The maximum Gasteiger partial charge on any atom is 0.272 e. The molecule has 1 amide bonds. The Morgan fingerprint density at radius 1 is 1.04 bits per heavy atom. The summed E-state index contributed by atoms with van der Waals surface area (Å²) in [6.45, 7) is 2.43. The molecule has 1 saturated heterocycles. The van der Waals surface area contributed by atoms with Crippen LogP contribution in [0.15, 0.2) is 47.8 Å². The smallest absolute Gasteiger partial charge is 0.272 e. The molecule has 8 nitrogen and oxygen atoms in total. The first-order valence-electron chi connectivity index (χ1n) is 8.01. The number of H-pyrrole nitrogens is 1. The van der Waals surface area contributed by atoms with Crippen LogP contribution in [0.25, 0.3) is 10.9 Å². The van der Waals surface area contributed by atoms with E-state index < -0.39 is 0 Å². The molecule has 2 aromatic heterocycles. The van der Waals surface area contributed by atoms with Crippen LogP contribution in [0.1, 0.15) is 10.5 Å². The third kappa shape index (κ3) is 2.93. The molecule has 0 atom stereocenters. The largest absolute Gasteiger partial charge is 0.352 e. The van der Waals surface area contributed by atoms with E-state index in [0.29, 0.717) is 26.2 Å². The van der Waals surface area contributed by atoms with E-state index in [-0.39, 0.29) is 17.2 Å². The first kappa shape index (κ1) is 15.3. The molecule has 0 bridgehead atoms. The number of nitrogens with one attached hydrogen (secondary N) is 1. The van der Waals surface area contributed by atoms with Crippen LogP contribution in [-0.4, -0.2) is 56.9 Å². The number of aromatic nitrogens is 4. The van der Waals surface area contributed by atoms with Crippen molar-refractivity contribution in [1.82, 2.24) is 24.8 Å². The van der Waals surface area contributed by atoms with Crippen molar-refractivity contribution < 1.29 is 4.79 Å². The molecule has 1 aliphatic rings. The molecule has 0 aliphatic carbocycles. The molecule has 8 heteroatoms. The number of carbonyl (C=O) groups excluding carboxylic acids is 1. The van der Waals surface area contributed by atoms with Gasteiger partial charge in [-0.25, -0.2) is 9.97 Å². The Bertz CT molecular complexity index is 973. The minimum Gasteiger partial charge on any atom is -0.352 e. The van der Waals surface area contributed by atoms with Gasteiger partial charge in [-0.2, -0.15) is 0 Å². The van der Waals surface area contributed by atoms with Gasteiger partial charge in [-0.3, -0.25) is 14.6 Å². The molecule has 1 fully saturated rings. The molecule has 0 spiro atoms. The van der Waals surface area contributed by atoms with Gasteiger partial charge in [0.05, 0.1) is 17.9 Å². The first-order valence-corrected chi connectivity index (χ1v) is 8.01. The van der Waals surface area contributed by atoms with Crippen LogP contribution in [0.4, 0.5) is 5.82 Å². The molecule has 0 unspecified atom stereocenters. The molecule has 126 valence electrons. The Balaban J connectivity index is 1.51. The van der Waals surface area contributed by atoms with Gasteiger partial charge in [-0.1, -0.05) is 12.1 Å². The van der Waals surface area contributed by atoms with Gasteiger partial charge in [0.25, 0.3) is 11.5 Å². The maximum absolute atomic E-state index is 12.5. The molecule has 4 rings (SSSR count). The van der Waals surface area contributed by atoms with Gasteiger partial charge >= 0.3 is 0 Å². The number of hydrogen-bond acceptors (Lipinski definition) is 6. The van der Waals surface area contributed by atoms with Crippen molar-refractivity contribution in [2.45, 2.75) is 0 Å². The van der Waals surface area contributed by atoms with Crippen LogP contribution in [0.2, 0.25) is 0 Å². The third-order valence-electron chi connectivity index (χ3n) is 4.27. The van der Waals surface area contributed by atoms with E-state index in [0.717, 1.165) is 22.9 Å². The lowest BCUT2D eigenvalue weighted by molar-refractivity contribution is 0.0740. The van der Waals surface area contributed by atoms with Crippen molar-refractivity contribution in [2.75, 3.05) is 31.1 Å². The zero-order valence-corrected chi connectivity index (χ0v) is 13.4. The van der Waals surface area contributed by atoms with Crippen molar-refractivity contribution in [2.24, 2.45) is 0 Å². The predicted octanol–water partition coefficient (Wildman–Crippen LogP) is 0.675. The fraction of sp³-hybridized carbons (Fsp3) is 0.235. The average molecular weight is 336 g/mol. The number of piperazine rings is 1. The Kier molecular flexibility index (Phi) is 3.85. The highest BCUT2D eigenvalue weighted by atomic mass is 16.2. The van der Waals surface area contributed by atoms with E-state index >= 15 is 0 Å². The average Bonchev–Trinajstić information content (AvgIpc) is 2.67. The summed E-state index contributed by atoms with van der Waals surface area (Å²) in [7, 11) is 0. The number of amides is 1. The van der Waals surface area contributed by atoms with Gasteiger partial charge in [-0.15, -0.1) is 0 Å². The molecule has 25 heavy (non-hydrogen) atoms. The van der Waals surface area contributed by atoms with E-state index in [1.165, 1.54) is 6.20 Å². The number of fused-ring (bicyclic) bond motifs is 1. The zero-order valence-electron chi connectivity index (χ0n) is 13.4. The van der Waals surface area contributed by atoms with E-state index in [1.807, 2.05) is 24.3 Å². The summed E-state index contributed by atoms with van der Waals surface area (Å²) in [5.74, 6) is 0.671. The van der Waals surface area contributed by atoms with Gasteiger partial charge in [0, 0.05) is 31.6 Å². The molecule has 3 aromatic rings. The van der Waals surface area contributed by atoms with Gasteiger partial charge in [0.15, 0.2) is 0 Å². The van der Waals surface area contributed by atoms with Gasteiger partial charge in [0.1, 0.15) is 17.8 Å². The quantitative estimate of drug-likeness (QED) is 0.739.